The highest BCUT2D eigenvalue weighted by Crippen LogP contribution is 2.14. The number of benzene rings is 1. The predicted octanol–water partition coefficient (Wildman–Crippen LogP) is 1.91. The summed E-state index contributed by atoms with van der Waals surface area (Å²) in [7, 11) is -1.10. The van der Waals surface area contributed by atoms with Gasteiger partial charge in [-0.25, -0.2) is 13.0 Å². The van der Waals surface area contributed by atoms with Crippen molar-refractivity contribution < 1.29 is 8.60 Å². The van der Waals surface area contributed by atoms with Gasteiger partial charge in [-0.1, -0.05) is 12.1 Å². The summed E-state index contributed by atoms with van der Waals surface area (Å²) in [5.41, 5.74) is 0. The fourth-order valence-electron chi connectivity index (χ4n) is 0.850. The van der Waals surface area contributed by atoms with Gasteiger partial charge in [-0.3, -0.25) is 0 Å². The van der Waals surface area contributed by atoms with Crippen molar-refractivity contribution in [1.82, 2.24) is 0 Å². The molecule has 0 saturated carbocycles. The summed E-state index contributed by atoms with van der Waals surface area (Å²) < 4.78 is 28.2. The van der Waals surface area contributed by atoms with Crippen LogP contribution in [0.2, 0.25) is 0 Å². The van der Waals surface area contributed by atoms with Gasteiger partial charge in [0.05, 0.1) is 14.6 Å². The normalized spacial score (nSPS) is 15.2. The molecule has 0 amide bonds. The van der Waals surface area contributed by atoms with E-state index in [0.29, 0.717) is 0 Å². The minimum absolute atomic E-state index is 0.174. The first-order valence-electron chi connectivity index (χ1n) is 3.43. The molecule has 0 unspecified atom stereocenters. The molecule has 0 aliphatic rings. The summed E-state index contributed by atoms with van der Waals surface area (Å²) in [5, 5.41) is 0. The molecule has 1 atom stereocenters. The Balaban J connectivity index is 3.40. The van der Waals surface area contributed by atoms with Gasteiger partial charge in [-0.2, -0.15) is 0 Å². The Labute approximate surface area is 71.6 Å². The molecular weight excluding hydrogens is 177 g/mol. The fourth-order valence-corrected chi connectivity index (χ4v) is 1.81. The summed E-state index contributed by atoms with van der Waals surface area (Å²) in [6, 6.07) is 5.98. The molecule has 0 saturated heterocycles. The summed E-state index contributed by atoms with van der Waals surface area (Å²) >= 11 is 0. The molecule has 4 heteroatoms. The lowest BCUT2D eigenvalue weighted by Gasteiger charge is -2.02. The Kier molecular flexibility index (Phi) is 2.47. The van der Waals surface area contributed by atoms with Crippen LogP contribution in [0.4, 0.5) is 4.39 Å². The second-order valence-corrected chi connectivity index (χ2v) is 4.83. The van der Waals surface area contributed by atoms with E-state index in [1.54, 1.807) is 12.1 Å². The molecule has 0 radical (unpaired) electrons. The van der Waals surface area contributed by atoms with E-state index in [9.17, 15) is 8.60 Å². The van der Waals surface area contributed by atoms with Crippen molar-refractivity contribution in [3.63, 3.8) is 0 Å². The third-order valence-electron chi connectivity index (χ3n) is 1.59. The zero-order chi connectivity index (χ0) is 9.19. The molecule has 0 heterocycles. The fraction of sp³-hybridized carbons (Fsp3) is 0.250. The molecule has 0 fully saturated rings. The summed E-state index contributed by atoms with van der Waals surface area (Å²) in [5.74, 6) is -0.462. The van der Waals surface area contributed by atoms with Gasteiger partial charge in [0.25, 0.3) is 0 Å². The molecule has 1 aromatic carbocycles. The lowest BCUT2D eigenvalue weighted by atomic mass is 10.4. The van der Waals surface area contributed by atoms with Crippen molar-refractivity contribution in [2.24, 2.45) is 4.36 Å². The number of rotatable bonds is 1. The van der Waals surface area contributed by atoms with Crippen LogP contribution in [-0.2, 0) is 9.73 Å². The number of nitrogens with zero attached hydrogens (tertiary/aromatic N) is 1. The molecule has 2 nitrogen and oxygen atoms in total. The van der Waals surface area contributed by atoms with Crippen LogP contribution in [-0.4, -0.2) is 17.5 Å². The molecule has 0 N–H and O–H groups in total. The first-order valence-corrected chi connectivity index (χ1v) is 5.35. The van der Waals surface area contributed by atoms with Crippen molar-refractivity contribution >= 4 is 9.73 Å². The van der Waals surface area contributed by atoms with Gasteiger partial charge < -0.3 is 0 Å². The Morgan fingerprint density at radius 3 is 2.50 bits per heavy atom. The van der Waals surface area contributed by atoms with Crippen LogP contribution >= 0.6 is 0 Å². The molecule has 0 spiro atoms. The molecule has 66 valence electrons. The average molecular weight is 187 g/mol. The van der Waals surface area contributed by atoms with Crippen LogP contribution in [0, 0.1) is 5.82 Å². The third kappa shape index (κ3) is 1.64. The van der Waals surface area contributed by atoms with E-state index in [1.807, 2.05) is 0 Å². The molecule has 1 rings (SSSR count). The van der Waals surface area contributed by atoms with Gasteiger partial charge in [0, 0.05) is 13.3 Å². The van der Waals surface area contributed by atoms with E-state index < -0.39 is 15.5 Å². The molecular formula is C8H10FNOS. The molecule has 1 aromatic rings. The summed E-state index contributed by atoms with van der Waals surface area (Å²) in [6.45, 7) is 0. The number of halogens is 1. The van der Waals surface area contributed by atoms with E-state index in [0.717, 1.165) is 0 Å². The van der Waals surface area contributed by atoms with Gasteiger partial charge in [0.1, 0.15) is 5.82 Å². The first-order chi connectivity index (χ1) is 5.58. The van der Waals surface area contributed by atoms with Crippen molar-refractivity contribution in [2.75, 3.05) is 13.3 Å². The smallest absolute Gasteiger partial charge is 0.140 e. The molecule has 0 aliphatic heterocycles. The zero-order valence-corrected chi connectivity index (χ0v) is 7.77. The van der Waals surface area contributed by atoms with Crippen LogP contribution in [0.25, 0.3) is 0 Å². The van der Waals surface area contributed by atoms with Crippen LogP contribution in [0.3, 0.4) is 0 Å². The summed E-state index contributed by atoms with van der Waals surface area (Å²) in [4.78, 5) is 0.174. The Hall–Kier alpha value is -0.900. The van der Waals surface area contributed by atoms with E-state index in [2.05, 4.69) is 4.36 Å². The maximum Gasteiger partial charge on any atom is 0.140 e. The van der Waals surface area contributed by atoms with Crippen LogP contribution in [0.5, 0.6) is 0 Å². The molecule has 0 bridgehead atoms. The maximum absolute atomic E-state index is 13.0. The topological polar surface area (TPSA) is 29.4 Å². The van der Waals surface area contributed by atoms with E-state index in [1.165, 1.54) is 25.4 Å². The highest BCUT2D eigenvalue weighted by atomic mass is 32.2. The van der Waals surface area contributed by atoms with Gasteiger partial charge in [0.2, 0.25) is 0 Å². The minimum atomic E-state index is -2.53. The van der Waals surface area contributed by atoms with E-state index in [4.69, 9.17) is 0 Å². The van der Waals surface area contributed by atoms with Crippen molar-refractivity contribution in [1.29, 1.82) is 0 Å². The Morgan fingerprint density at radius 2 is 2.00 bits per heavy atom. The minimum Gasteiger partial charge on any atom is -0.245 e. The highest BCUT2D eigenvalue weighted by molar-refractivity contribution is 7.93. The lowest BCUT2D eigenvalue weighted by Crippen LogP contribution is -1.99. The zero-order valence-electron chi connectivity index (χ0n) is 6.95. The Morgan fingerprint density at radius 1 is 1.42 bits per heavy atom. The molecule has 0 aromatic heterocycles. The third-order valence-corrected chi connectivity index (χ3v) is 3.44. The SMILES string of the molecule is CN=[S@](C)(=O)c1ccccc1F. The number of hydrogen-bond acceptors (Lipinski definition) is 2. The van der Waals surface area contributed by atoms with Crippen LogP contribution in [0.1, 0.15) is 0 Å². The largest absolute Gasteiger partial charge is 0.245 e. The lowest BCUT2D eigenvalue weighted by molar-refractivity contribution is 0.594. The monoisotopic (exact) mass is 187 g/mol. The van der Waals surface area contributed by atoms with E-state index >= 15 is 0 Å². The van der Waals surface area contributed by atoms with E-state index in [-0.39, 0.29) is 4.90 Å². The highest BCUT2D eigenvalue weighted by Gasteiger charge is 2.09. The van der Waals surface area contributed by atoms with Gasteiger partial charge in [0.15, 0.2) is 0 Å². The first kappa shape index (κ1) is 9.19. The van der Waals surface area contributed by atoms with Crippen molar-refractivity contribution in [3.8, 4) is 0 Å². The van der Waals surface area contributed by atoms with Gasteiger partial charge in [-0.05, 0) is 12.1 Å². The summed E-state index contributed by atoms with van der Waals surface area (Å²) in [6.07, 6.45) is 1.42. The number of hydrogen-bond donors (Lipinski definition) is 0. The van der Waals surface area contributed by atoms with Gasteiger partial charge >= 0.3 is 0 Å². The second-order valence-electron chi connectivity index (χ2n) is 2.42. The average Bonchev–Trinajstić information content (AvgIpc) is 2.05. The standard InChI is InChI=1S/C8H10FNOS/c1-10-12(2,11)8-6-4-3-5-7(8)9/h3-6H,1-2H3/t12-/m1/s1. The van der Waals surface area contributed by atoms with Crippen molar-refractivity contribution in [2.45, 2.75) is 4.90 Å². The maximum atomic E-state index is 13.0. The quantitative estimate of drug-likeness (QED) is 0.660. The van der Waals surface area contributed by atoms with Gasteiger partial charge in [-0.15, -0.1) is 0 Å². The molecule has 0 aliphatic carbocycles. The van der Waals surface area contributed by atoms with Crippen molar-refractivity contribution in [3.05, 3.63) is 30.1 Å². The predicted molar refractivity (Wildman–Crippen MR) is 47.1 cm³/mol. The second kappa shape index (κ2) is 3.23. The van der Waals surface area contributed by atoms with Crippen LogP contribution in [0.15, 0.2) is 33.5 Å². The molecule has 12 heavy (non-hydrogen) atoms. The Bertz CT molecular complexity index is 394. The van der Waals surface area contributed by atoms with Crippen LogP contribution < -0.4 is 0 Å².